The molecule has 1 amide bonds. The Morgan fingerprint density at radius 3 is 2.30 bits per heavy atom. The summed E-state index contributed by atoms with van der Waals surface area (Å²) in [7, 11) is -7.85. The topological polar surface area (TPSA) is 180 Å². The molecule has 2 unspecified atom stereocenters. The molecule has 0 radical (unpaired) electrons. The van der Waals surface area contributed by atoms with Gasteiger partial charge in [-0.1, -0.05) is 30.4 Å². The molecule has 2 saturated carbocycles. The van der Waals surface area contributed by atoms with Crippen molar-refractivity contribution in [1.29, 1.82) is 0 Å². The number of benzene rings is 3. The van der Waals surface area contributed by atoms with Crippen molar-refractivity contribution in [3.63, 3.8) is 0 Å². The van der Waals surface area contributed by atoms with Gasteiger partial charge in [0.25, 0.3) is 24.3 Å². The van der Waals surface area contributed by atoms with Crippen LogP contribution in [0.1, 0.15) is 92.3 Å². The van der Waals surface area contributed by atoms with Crippen LogP contribution in [0.4, 0.5) is 40.9 Å². The molecule has 0 bridgehead atoms. The molecular formula is C45H39ClF8N8O6S2. The molecule has 2 N–H and O–H groups in total. The fraction of sp³-hybridized carbons (Fsp3) is 0.400. The lowest BCUT2D eigenvalue weighted by atomic mass is 10.0. The van der Waals surface area contributed by atoms with E-state index in [1.807, 2.05) is 0 Å². The van der Waals surface area contributed by atoms with E-state index in [9.17, 15) is 48.0 Å². The molecule has 3 aliphatic carbocycles. The number of fused-ring (bicyclic) bond motifs is 5. The number of halogens is 9. The average molecular weight is 1040 g/mol. The van der Waals surface area contributed by atoms with Crippen molar-refractivity contribution >= 4 is 65.0 Å². The maximum absolute atomic E-state index is 16.0. The number of alkyl halides is 6. The number of nitrogens with zero attached hydrogens (tertiary/aromatic N) is 6. The Hall–Kier alpha value is -6.06. The van der Waals surface area contributed by atoms with Crippen LogP contribution in [0.3, 0.4) is 0 Å². The number of anilines is 1. The van der Waals surface area contributed by atoms with Crippen LogP contribution in [0.15, 0.2) is 53.3 Å². The third kappa shape index (κ3) is 8.46. The summed E-state index contributed by atoms with van der Waals surface area (Å²) in [4.78, 5) is 34.2. The van der Waals surface area contributed by atoms with Crippen molar-refractivity contribution in [2.45, 2.75) is 100 Å². The highest BCUT2D eigenvalue weighted by molar-refractivity contribution is 7.93. The SMILES string of the molecule is CC12CC1c1c(C(F)F)nn(CC(=O)N[C@@H](Cc3cc(F)cc(F)c3)c3nc4cc(C#CC(C)(C)S(C)(=O)=O)ccc4c(=O)n3-c3ccc(Cl)c4c(NS(=O)(=O)C5CC5)nn(CC(F)F)c34)c1C2(F)F. The molecule has 3 aromatic heterocycles. The van der Waals surface area contributed by atoms with Gasteiger partial charge in [-0.2, -0.15) is 19.0 Å². The first-order valence-electron chi connectivity index (χ1n) is 21.4. The third-order valence-corrected chi connectivity index (χ3v) is 17.1. The zero-order valence-electron chi connectivity index (χ0n) is 37.1. The predicted molar refractivity (Wildman–Crippen MR) is 240 cm³/mol. The number of rotatable bonds is 14. The Morgan fingerprint density at radius 2 is 1.67 bits per heavy atom. The molecule has 3 aromatic carbocycles. The summed E-state index contributed by atoms with van der Waals surface area (Å²) in [6.07, 6.45) is -5.59. The number of hydrogen-bond donors (Lipinski definition) is 2. The molecule has 0 spiro atoms. The monoisotopic (exact) mass is 1040 g/mol. The van der Waals surface area contributed by atoms with Crippen molar-refractivity contribution in [2.24, 2.45) is 5.41 Å². The van der Waals surface area contributed by atoms with Gasteiger partial charge in [-0.15, -0.1) is 0 Å². The molecule has 3 heterocycles. The average Bonchev–Trinajstić information content (AvgIpc) is 4.14. The fourth-order valence-electron chi connectivity index (χ4n) is 8.83. The van der Waals surface area contributed by atoms with E-state index in [1.165, 1.54) is 51.1 Å². The Bertz CT molecular complexity index is 3550. The van der Waals surface area contributed by atoms with E-state index >= 15 is 13.6 Å². The van der Waals surface area contributed by atoms with E-state index in [0.717, 1.165) is 23.0 Å². The standard InChI is InChI=1S/C45H39ClF8N8O6S2/c1-43(2,69(4,65)66)12-11-21-5-8-26-29(15-21)56-41(62(42(26)64)31-10-9-28(46)35-37(31)60(19-32(49)50)58-40(35)59-70(67,68)25-6-7-25)30(16-22-13-23(47)17-24(48)14-22)55-33(63)20-61-38-34(36(57-61)39(51)52)27-18-44(27,3)45(38,53)54/h5,8-10,13-15,17,25,27,30,32,39H,6-7,16,18-20H2,1-4H3,(H,55,63)(H,58,59)/t27?,30-,44?/m0/s1. The van der Waals surface area contributed by atoms with Gasteiger partial charge in [0.2, 0.25) is 15.9 Å². The van der Waals surface area contributed by atoms with Crippen LogP contribution >= 0.6 is 11.6 Å². The number of amides is 1. The molecule has 14 nitrogen and oxygen atoms in total. The molecule has 2 fully saturated rings. The summed E-state index contributed by atoms with van der Waals surface area (Å²) in [6, 6.07) is 6.84. The normalized spacial score (nSPS) is 19.0. The Kier molecular flexibility index (Phi) is 11.7. The third-order valence-electron chi connectivity index (χ3n) is 13.0. The van der Waals surface area contributed by atoms with Gasteiger partial charge in [0, 0.05) is 41.2 Å². The molecular weight excluding hydrogens is 1000 g/mol. The minimum absolute atomic E-state index is 0.104. The van der Waals surface area contributed by atoms with Gasteiger partial charge in [-0.05, 0) is 81.1 Å². The van der Waals surface area contributed by atoms with Crippen LogP contribution in [-0.4, -0.2) is 74.5 Å². The van der Waals surface area contributed by atoms with Gasteiger partial charge in [-0.3, -0.25) is 28.2 Å². The molecule has 9 rings (SSSR count). The number of nitrogens with one attached hydrogen (secondary N) is 2. The van der Waals surface area contributed by atoms with E-state index in [-0.39, 0.29) is 55.6 Å². The quantitative estimate of drug-likeness (QED) is 0.0812. The van der Waals surface area contributed by atoms with Gasteiger partial charge in [-0.25, -0.2) is 48.2 Å². The summed E-state index contributed by atoms with van der Waals surface area (Å²) >= 11 is 6.66. The summed E-state index contributed by atoms with van der Waals surface area (Å²) in [5.74, 6) is -3.61. The van der Waals surface area contributed by atoms with Crippen molar-refractivity contribution in [2.75, 3.05) is 11.0 Å². The van der Waals surface area contributed by atoms with Crippen LogP contribution in [-0.2, 0) is 50.1 Å². The molecule has 370 valence electrons. The van der Waals surface area contributed by atoms with Gasteiger partial charge < -0.3 is 5.32 Å². The van der Waals surface area contributed by atoms with Crippen LogP contribution in [0.5, 0.6) is 0 Å². The summed E-state index contributed by atoms with van der Waals surface area (Å²) in [5.41, 5.74) is -5.81. The summed E-state index contributed by atoms with van der Waals surface area (Å²) in [5, 5.41) is 8.95. The summed E-state index contributed by atoms with van der Waals surface area (Å²) in [6.45, 7) is 1.64. The summed E-state index contributed by atoms with van der Waals surface area (Å²) < 4.78 is 173. The molecule has 0 saturated heterocycles. The van der Waals surface area contributed by atoms with Gasteiger partial charge in [0.15, 0.2) is 15.7 Å². The van der Waals surface area contributed by atoms with Crippen LogP contribution < -0.4 is 15.6 Å². The van der Waals surface area contributed by atoms with Crippen molar-refractivity contribution in [3.05, 3.63) is 109 Å². The smallest absolute Gasteiger partial charge is 0.295 e. The highest BCUT2D eigenvalue weighted by atomic mass is 35.5. The number of sulfonamides is 1. The fourth-order valence-corrected chi connectivity index (χ4v) is 10.6. The second-order valence-electron chi connectivity index (χ2n) is 18.4. The molecule has 0 aliphatic heterocycles. The maximum atomic E-state index is 16.0. The zero-order chi connectivity index (χ0) is 50.8. The lowest BCUT2D eigenvalue weighted by molar-refractivity contribution is -0.123. The molecule has 70 heavy (non-hydrogen) atoms. The largest absolute Gasteiger partial charge is 0.344 e. The first kappa shape index (κ1) is 48.9. The molecule has 3 aliphatic rings. The van der Waals surface area contributed by atoms with E-state index in [4.69, 9.17) is 16.6 Å². The first-order chi connectivity index (χ1) is 32.6. The Balaban J connectivity index is 1.28. The van der Waals surface area contributed by atoms with Crippen molar-refractivity contribution < 1.29 is 56.8 Å². The Morgan fingerprint density at radius 1 is 0.986 bits per heavy atom. The number of aromatic nitrogens is 6. The molecule has 25 heteroatoms. The first-order valence-corrected chi connectivity index (χ1v) is 25.2. The van der Waals surface area contributed by atoms with Crippen molar-refractivity contribution in [1.82, 2.24) is 34.4 Å². The predicted octanol–water partition coefficient (Wildman–Crippen LogP) is 7.84. The van der Waals surface area contributed by atoms with E-state index in [1.54, 1.807) is 0 Å². The number of hydrogen-bond acceptors (Lipinski definition) is 9. The Labute approximate surface area is 398 Å². The van der Waals surface area contributed by atoms with E-state index < -0.39 is 132 Å². The maximum Gasteiger partial charge on any atom is 0.295 e. The highest BCUT2D eigenvalue weighted by Gasteiger charge is 2.75. The van der Waals surface area contributed by atoms with E-state index in [0.29, 0.717) is 28.3 Å². The second kappa shape index (κ2) is 16.8. The van der Waals surface area contributed by atoms with Crippen LogP contribution in [0.2, 0.25) is 5.02 Å². The van der Waals surface area contributed by atoms with Crippen LogP contribution in [0.25, 0.3) is 27.5 Å². The minimum Gasteiger partial charge on any atom is -0.344 e. The number of sulfone groups is 1. The van der Waals surface area contributed by atoms with Gasteiger partial charge >= 0.3 is 0 Å². The van der Waals surface area contributed by atoms with Crippen molar-refractivity contribution in [3.8, 4) is 17.5 Å². The number of carbonyl (C=O) groups is 1. The highest BCUT2D eigenvalue weighted by Crippen LogP contribution is 2.76. The molecule has 6 aromatic rings. The zero-order valence-corrected chi connectivity index (χ0v) is 39.5. The number of carbonyl (C=O) groups excluding carboxylic acids is 1. The van der Waals surface area contributed by atoms with E-state index in [2.05, 4.69) is 32.1 Å². The molecule has 3 atom stereocenters. The van der Waals surface area contributed by atoms with Crippen LogP contribution in [0, 0.1) is 28.9 Å². The van der Waals surface area contributed by atoms with Gasteiger partial charge in [0.05, 0.1) is 43.8 Å². The lowest BCUT2D eigenvalue weighted by Crippen LogP contribution is -2.38. The van der Waals surface area contributed by atoms with Gasteiger partial charge in [0.1, 0.15) is 46.7 Å². The second-order valence-corrected chi connectivity index (χ2v) is 23.3. The minimum atomic E-state index is -4.13. The lowest BCUT2D eigenvalue weighted by Gasteiger charge is -2.25.